The summed E-state index contributed by atoms with van der Waals surface area (Å²) in [5.41, 5.74) is 2.93. The molecule has 2 aromatic carbocycles. The van der Waals surface area contributed by atoms with Gasteiger partial charge < -0.3 is 19.5 Å². The normalized spacial score (nSPS) is 10.4. The highest BCUT2D eigenvalue weighted by atomic mass is 19.1. The van der Waals surface area contributed by atoms with Crippen molar-refractivity contribution in [1.82, 2.24) is 5.43 Å². The molecular formula is C18H18FN3O5. The third-order valence-electron chi connectivity index (χ3n) is 3.38. The number of nitrogens with zero attached hydrogens (tertiary/aromatic N) is 1. The second-order valence-corrected chi connectivity index (χ2v) is 5.12. The van der Waals surface area contributed by atoms with Gasteiger partial charge in [-0.05, 0) is 36.4 Å². The number of halogens is 1. The van der Waals surface area contributed by atoms with E-state index < -0.39 is 17.6 Å². The van der Waals surface area contributed by atoms with Crippen molar-refractivity contribution >= 4 is 23.7 Å². The van der Waals surface area contributed by atoms with E-state index in [4.69, 9.17) is 14.2 Å². The number of carbonyl (C=O) groups excluding carboxylic acids is 2. The molecule has 0 saturated heterocycles. The van der Waals surface area contributed by atoms with Gasteiger partial charge in [0.15, 0.2) is 11.5 Å². The van der Waals surface area contributed by atoms with Crippen LogP contribution in [0.4, 0.5) is 10.1 Å². The van der Waals surface area contributed by atoms with E-state index in [0.717, 1.165) is 12.1 Å². The summed E-state index contributed by atoms with van der Waals surface area (Å²) in [6, 6.07) is 8.23. The minimum Gasteiger partial charge on any atom is -0.493 e. The Morgan fingerprint density at radius 1 is 0.963 bits per heavy atom. The van der Waals surface area contributed by atoms with Gasteiger partial charge in [-0.25, -0.2) is 9.82 Å². The summed E-state index contributed by atoms with van der Waals surface area (Å²) in [7, 11) is 4.42. The molecule has 8 nitrogen and oxygen atoms in total. The molecular weight excluding hydrogens is 357 g/mol. The average Bonchev–Trinajstić information content (AvgIpc) is 2.68. The van der Waals surface area contributed by atoms with Gasteiger partial charge in [-0.1, -0.05) is 0 Å². The molecule has 2 amide bonds. The van der Waals surface area contributed by atoms with E-state index in [1.165, 1.54) is 39.7 Å². The summed E-state index contributed by atoms with van der Waals surface area (Å²) < 4.78 is 28.5. The molecule has 0 aromatic heterocycles. The molecule has 0 aliphatic carbocycles. The molecule has 9 heteroatoms. The lowest BCUT2D eigenvalue weighted by Crippen LogP contribution is -2.32. The largest absolute Gasteiger partial charge is 0.493 e. The highest BCUT2D eigenvalue weighted by molar-refractivity contribution is 6.39. The minimum atomic E-state index is -0.983. The lowest BCUT2D eigenvalue weighted by molar-refractivity contribution is -0.136. The van der Waals surface area contributed by atoms with Crippen molar-refractivity contribution in [3.63, 3.8) is 0 Å². The zero-order valence-electron chi connectivity index (χ0n) is 14.9. The molecule has 0 unspecified atom stereocenters. The molecule has 0 radical (unpaired) electrons. The minimum absolute atomic E-state index is 0.283. The Hall–Kier alpha value is -3.62. The first-order valence-electron chi connectivity index (χ1n) is 7.68. The van der Waals surface area contributed by atoms with Crippen molar-refractivity contribution in [1.29, 1.82) is 0 Å². The number of carbonyl (C=O) groups is 2. The number of nitrogens with one attached hydrogen (secondary N) is 2. The summed E-state index contributed by atoms with van der Waals surface area (Å²) in [5, 5.41) is 6.05. The fourth-order valence-electron chi connectivity index (χ4n) is 2.11. The molecule has 0 heterocycles. The number of hydrogen-bond acceptors (Lipinski definition) is 6. The Bertz CT molecular complexity index is 828. The third-order valence-corrected chi connectivity index (χ3v) is 3.38. The molecule has 0 bridgehead atoms. The zero-order valence-corrected chi connectivity index (χ0v) is 14.9. The predicted molar refractivity (Wildman–Crippen MR) is 96.9 cm³/mol. The van der Waals surface area contributed by atoms with Crippen molar-refractivity contribution in [3.8, 4) is 17.2 Å². The molecule has 2 aromatic rings. The maximum atomic E-state index is 12.8. The number of benzene rings is 2. The Balaban J connectivity index is 2.02. The van der Waals surface area contributed by atoms with Crippen molar-refractivity contribution in [2.24, 2.45) is 5.10 Å². The standard InChI is InChI=1S/C18H18FN3O5/c1-25-14-8-11(9-15(26-2)16(14)27-3)10-20-22-18(24)17(23)21-13-6-4-12(19)5-7-13/h4-10H,1-3H3,(H,21,23)(H,22,24). The van der Waals surface area contributed by atoms with Crippen molar-refractivity contribution in [2.45, 2.75) is 0 Å². The number of rotatable bonds is 6. The van der Waals surface area contributed by atoms with Crippen LogP contribution in [0.3, 0.4) is 0 Å². The molecule has 0 spiro atoms. The first-order chi connectivity index (χ1) is 13.0. The summed E-state index contributed by atoms with van der Waals surface area (Å²) in [4.78, 5) is 23.5. The number of hydrogen-bond donors (Lipinski definition) is 2. The van der Waals surface area contributed by atoms with Gasteiger partial charge in [0.05, 0.1) is 27.5 Å². The van der Waals surface area contributed by atoms with Crippen LogP contribution in [0.2, 0.25) is 0 Å². The summed E-state index contributed by atoms with van der Waals surface area (Å²) >= 11 is 0. The Labute approximate surface area is 154 Å². The lowest BCUT2D eigenvalue weighted by Gasteiger charge is -2.12. The number of anilines is 1. The SMILES string of the molecule is COc1cc(C=NNC(=O)C(=O)Nc2ccc(F)cc2)cc(OC)c1OC. The fraction of sp³-hybridized carbons (Fsp3) is 0.167. The van der Waals surface area contributed by atoms with E-state index in [2.05, 4.69) is 15.8 Å². The predicted octanol–water partition coefficient (Wildman–Crippen LogP) is 1.94. The van der Waals surface area contributed by atoms with Gasteiger partial charge in [0.1, 0.15) is 5.82 Å². The van der Waals surface area contributed by atoms with Crippen LogP contribution in [0.25, 0.3) is 0 Å². The van der Waals surface area contributed by atoms with Gasteiger partial charge in [0.2, 0.25) is 5.75 Å². The van der Waals surface area contributed by atoms with Gasteiger partial charge in [0, 0.05) is 11.3 Å². The van der Waals surface area contributed by atoms with Gasteiger partial charge in [-0.2, -0.15) is 5.10 Å². The summed E-state index contributed by atoms with van der Waals surface area (Å²) in [5.74, 6) is -1.13. The van der Waals surface area contributed by atoms with E-state index >= 15 is 0 Å². The van der Waals surface area contributed by atoms with E-state index in [-0.39, 0.29) is 5.69 Å². The maximum absolute atomic E-state index is 12.8. The van der Waals surface area contributed by atoms with Crippen LogP contribution in [0.1, 0.15) is 5.56 Å². The number of amides is 2. The van der Waals surface area contributed by atoms with Crippen LogP contribution in [-0.2, 0) is 9.59 Å². The van der Waals surface area contributed by atoms with Crippen LogP contribution in [0.15, 0.2) is 41.5 Å². The van der Waals surface area contributed by atoms with E-state index in [1.807, 2.05) is 0 Å². The average molecular weight is 375 g/mol. The topological polar surface area (TPSA) is 98.2 Å². The fourth-order valence-corrected chi connectivity index (χ4v) is 2.11. The highest BCUT2D eigenvalue weighted by Gasteiger charge is 2.14. The van der Waals surface area contributed by atoms with E-state index in [0.29, 0.717) is 22.8 Å². The third kappa shape index (κ3) is 5.18. The van der Waals surface area contributed by atoms with Crippen molar-refractivity contribution in [3.05, 3.63) is 47.8 Å². The van der Waals surface area contributed by atoms with Crippen LogP contribution >= 0.6 is 0 Å². The van der Waals surface area contributed by atoms with E-state index in [9.17, 15) is 14.0 Å². The van der Waals surface area contributed by atoms with E-state index in [1.54, 1.807) is 12.1 Å². The Morgan fingerprint density at radius 2 is 1.56 bits per heavy atom. The van der Waals surface area contributed by atoms with Crippen LogP contribution < -0.4 is 25.0 Å². The van der Waals surface area contributed by atoms with Crippen molar-refractivity contribution < 1.29 is 28.2 Å². The van der Waals surface area contributed by atoms with Gasteiger partial charge in [0.25, 0.3) is 0 Å². The molecule has 0 saturated carbocycles. The van der Waals surface area contributed by atoms with Gasteiger partial charge in [-0.3, -0.25) is 9.59 Å². The van der Waals surface area contributed by atoms with Crippen LogP contribution in [0, 0.1) is 5.82 Å². The number of ether oxygens (including phenoxy) is 3. The number of methoxy groups -OCH3 is 3. The molecule has 0 aliphatic heterocycles. The molecule has 27 heavy (non-hydrogen) atoms. The monoisotopic (exact) mass is 375 g/mol. The quantitative estimate of drug-likeness (QED) is 0.457. The second kappa shape index (κ2) is 9.18. The van der Waals surface area contributed by atoms with Crippen LogP contribution in [-0.4, -0.2) is 39.4 Å². The Morgan fingerprint density at radius 3 is 2.07 bits per heavy atom. The highest BCUT2D eigenvalue weighted by Crippen LogP contribution is 2.37. The first-order valence-corrected chi connectivity index (χ1v) is 7.68. The summed E-state index contributed by atoms with van der Waals surface area (Å²) in [6.07, 6.45) is 1.31. The van der Waals surface area contributed by atoms with Gasteiger partial charge in [-0.15, -0.1) is 0 Å². The second-order valence-electron chi connectivity index (χ2n) is 5.12. The maximum Gasteiger partial charge on any atom is 0.329 e. The zero-order chi connectivity index (χ0) is 19.8. The van der Waals surface area contributed by atoms with Crippen molar-refractivity contribution in [2.75, 3.05) is 26.6 Å². The first kappa shape index (κ1) is 19.7. The summed E-state index contributed by atoms with van der Waals surface area (Å²) in [6.45, 7) is 0. The molecule has 0 fully saturated rings. The number of hydrazone groups is 1. The van der Waals surface area contributed by atoms with Gasteiger partial charge >= 0.3 is 11.8 Å². The Kier molecular flexibility index (Phi) is 6.70. The molecule has 142 valence electrons. The van der Waals surface area contributed by atoms with Crippen LogP contribution in [0.5, 0.6) is 17.2 Å². The molecule has 2 N–H and O–H groups in total. The lowest BCUT2D eigenvalue weighted by atomic mass is 10.2. The smallest absolute Gasteiger partial charge is 0.329 e. The molecule has 0 aliphatic rings. The molecule has 2 rings (SSSR count). The molecule has 0 atom stereocenters.